The minimum atomic E-state index is 0.607. The first-order valence-electron chi connectivity index (χ1n) is 6.46. The highest BCUT2D eigenvalue weighted by atomic mass is 79.9. The molecule has 0 aliphatic carbocycles. The van der Waals surface area contributed by atoms with Crippen LogP contribution in [0.3, 0.4) is 0 Å². The predicted molar refractivity (Wildman–Crippen MR) is 85.9 cm³/mol. The first-order chi connectivity index (χ1) is 9.74. The number of anilines is 1. The molecular weight excluding hydrogens is 340 g/mol. The van der Waals surface area contributed by atoms with Gasteiger partial charge >= 0.3 is 0 Å². The van der Waals surface area contributed by atoms with Crippen molar-refractivity contribution < 1.29 is 9.47 Å². The van der Waals surface area contributed by atoms with Crippen LogP contribution in [0.25, 0.3) is 0 Å². The van der Waals surface area contributed by atoms with Gasteiger partial charge in [0.05, 0.1) is 17.7 Å². The maximum atomic E-state index is 5.65. The molecule has 6 heteroatoms. The Kier molecular flexibility index (Phi) is 5.67. The van der Waals surface area contributed by atoms with Crippen molar-refractivity contribution in [3.05, 3.63) is 33.7 Å². The summed E-state index contributed by atoms with van der Waals surface area (Å²) >= 11 is 5.12. The van der Waals surface area contributed by atoms with Gasteiger partial charge in [-0.1, -0.05) is 0 Å². The highest BCUT2D eigenvalue weighted by Crippen LogP contribution is 2.37. The second kappa shape index (κ2) is 7.50. The van der Waals surface area contributed by atoms with Crippen molar-refractivity contribution in [2.75, 3.05) is 18.5 Å². The summed E-state index contributed by atoms with van der Waals surface area (Å²) in [7, 11) is 0. The lowest BCUT2D eigenvalue weighted by molar-refractivity contribution is 0.286. The number of halogens is 1. The second-order valence-electron chi connectivity index (χ2n) is 3.96. The van der Waals surface area contributed by atoms with Gasteiger partial charge in [-0.25, -0.2) is 4.98 Å². The van der Waals surface area contributed by atoms with Crippen LogP contribution in [-0.4, -0.2) is 18.2 Å². The zero-order valence-electron chi connectivity index (χ0n) is 11.5. The van der Waals surface area contributed by atoms with Gasteiger partial charge in [0.15, 0.2) is 16.6 Å². The fourth-order valence-corrected chi connectivity index (χ4v) is 2.89. The first kappa shape index (κ1) is 15.1. The summed E-state index contributed by atoms with van der Waals surface area (Å²) < 4.78 is 12.2. The van der Waals surface area contributed by atoms with Gasteiger partial charge in [0, 0.05) is 18.1 Å². The molecule has 0 amide bonds. The van der Waals surface area contributed by atoms with Crippen LogP contribution in [0.2, 0.25) is 0 Å². The zero-order valence-corrected chi connectivity index (χ0v) is 13.9. The minimum Gasteiger partial charge on any atom is -0.490 e. The van der Waals surface area contributed by atoms with Crippen LogP contribution < -0.4 is 14.8 Å². The number of ether oxygens (including phenoxy) is 2. The Morgan fingerprint density at radius 1 is 1.25 bits per heavy atom. The number of thiazole rings is 1. The normalized spacial score (nSPS) is 10.3. The smallest absolute Gasteiger partial charge is 0.182 e. The third-order valence-corrected chi connectivity index (χ3v) is 3.85. The maximum Gasteiger partial charge on any atom is 0.182 e. The largest absolute Gasteiger partial charge is 0.490 e. The Balaban J connectivity index is 2.16. The summed E-state index contributed by atoms with van der Waals surface area (Å²) in [5.41, 5.74) is 1.11. The van der Waals surface area contributed by atoms with Crippen molar-refractivity contribution in [3.63, 3.8) is 0 Å². The summed E-state index contributed by atoms with van der Waals surface area (Å²) in [4.78, 5) is 4.20. The summed E-state index contributed by atoms with van der Waals surface area (Å²) in [6.45, 7) is 5.83. The Labute approximate surface area is 131 Å². The predicted octanol–water partition coefficient (Wildman–Crippen LogP) is 4.32. The van der Waals surface area contributed by atoms with E-state index in [4.69, 9.17) is 9.47 Å². The van der Waals surface area contributed by atoms with Gasteiger partial charge < -0.3 is 14.8 Å². The average Bonchev–Trinajstić information content (AvgIpc) is 2.94. The monoisotopic (exact) mass is 356 g/mol. The van der Waals surface area contributed by atoms with Crippen LogP contribution in [0.1, 0.15) is 19.4 Å². The molecule has 4 nitrogen and oxygen atoms in total. The number of aromatic nitrogens is 1. The lowest BCUT2D eigenvalue weighted by atomic mass is 10.2. The molecule has 1 aromatic heterocycles. The van der Waals surface area contributed by atoms with E-state index in [2.05, 4.69) is 26.2 Å². The summed E-state index contributed by atoms with van der Waals surface area (Å²) in [6.07, 6.45) is 1.78. The van der Waals surface area contributed by atoms with E-state index in [0.717, 1.165) is 26.7 Å². The molecule has 0 unspecified atom stereocenters. The van der Waals surface area contributed by atoms with E-state index in [-0.39, 0.29) is 0 Å². The van der Waals surface area contributed by atoms with E-state index in [9.17, 15) is 0 Å². The fourth-order valence-electron chi connectivity index (χ4n) is 1.76. The minimum absolute atomic E-state index is 0.607. The summed E-state index contributed by atoms with van der Waals surface area (Å²) in [6, 6.07) is 4.04. The van der Waals surface area contributed by atoms with Crippen LogP contribution in [0.4, 0.5) is 5.13 Å². The average molecular weight is 357 g/mol. The molecule has 0 bridgehead atoms. The Morgan fingerprint density at radius 2 is 2.05 bits per heavy atom. The molecule has 0 saturated carbocycles. The lowest BCUT2D eigenvalue weighted by Gasteiger charge is -2.14. The lowest BCUT2D eigenvalue weighted by Crippen LogP contribution is -2.03. The molecule has 0 aliphatic heterocycles. The number of hydrogen-bond acceptors (Lipinski definition) is 5. The molecular formula is C14H17BrN2O2S. The molecule has 0 fully saturated rings. The molecule has 1 aromatic carbocycles. The van der Waals surface area contributed by atoms with Crippen molar-refractivity contribution in [3.8, 4) is 11.5 Å². The van der Waals surface area contributed by atoms with Crippen molar-refractivity contribution in [2.45, 2.75) is 20.4 Å². The van der Waals surface area contributed by atoms with Crippen molar-refractivity contribution in [2.24, 2.45) is 0 Å². The van der Waals surface area contributed by atoms with Crippen molar-refractivity contribution in [1.82, 2.24) is 4.98 Å². The quantitative estimate of drug-likeness (QED) is 0.802. The Morgan fingerprint density at radius 3 is 2.70 bits per heavy atom. The highest BCUT2D eigenvalue weighted by molar-refractivity contribution is 9.10. The van der Waals surface area contributed by atoms with Gasteiger partial charge in [-0.05, 0) is 47.5 Å². The molecule has 0 atom stereocenters. The molecule has 0 spiro atoms. The fraction of sp³-hybridized carbons (Fsp3) is 0.357. The molecule has 0 aliphatic rings. The summed E-state index contributed by atoms with van der Waals surface area (Å²) in [5.74, 6) is 1.52. The number of nitrogens with zero attached hydrogens (tertiary/aromatic N) is 1. The van der Waals surface area contributed by atoms with Gasteiger partial charge in [-0.3, -0.25) is 0 Å². The topological polar surface area (TPSA) is 43.4 Å². The van der Waals surface area contributed by atoms with Gasteiger partial charge in [-0.15, -0.1) is 11.3 Å². The van der Waals surface area contributed by atoms with Crippen LogP contribution in [-0.2, 0) is 6.54 Å². The van der Waals surface area contributed by atoms with Crippen molar-refractivity contribution >= 4 is 32.4 Å². The van der Waals surface area contributed by atoms with Crippen LogP contribution in [0.15, 0.2) is 28.2 Å². The molecule has 2 rings (SSSR count). The molecule has 20 heavy (non-hydrogen) atoms. The van der Waals surface area contributed by atoms with E-state index in [1.807, 2.05) is 31.4 Å². The van der Waals surface area contributed by atoms with E-state index in [0.29, 0.717) is 19.8 Å². The molecule has 2 aromatic rings. The molecule has 1 heterocycles. The summed E-state index contributed by atoms with van der Waals surface area (Å²) in [5, 5.41) is 6.14. The molecule has 1 N–H and O–H groups in total. The second-order valence-corrected chi connectivity index (χ2v) is 5.71. The van der Waals surface area contributed by atoms with Gasteiger partial charge in [0.2, 0.25) is 0 Å². The third-order valence-electron chi connectivity index (χ3n) is 2.53. The van der Waals surface area contributed by atoms with Crippen molar-refractivity contribution in [1.29, 1.82) is 0 Å². The number of nitrogens with one attached hydrogen (secondary N) is 1. The maximum absolute atomic E-state index is 5.65. The van der Waals surface area contributed by atoms with E-state index in [1.54, 1.807) is 17.5 Å². The van der Waals surface area contributed by atoms with E-state index < -0.39 is 0 Å². The third kappa shape index (κ3) is 3.86. The Bertz CT molecular complexity index is 546. The Hall–Kier alpha value is -1.27. The zero-order chi connectivity index (χ0) is 14.4. The molecule has 108 valence electrons. The molecule has 0 saturated heterocycles. The highest BCUT2D eigenvalue weighted by Gasteiger charge is 2.12. The van der Waals surface area contributed by atoms with Crippen LogP contribution in [0.5, 0.6) is 11.5 Å². The molecule has 0 radical (unpaired) electrons. The number of rotatable bonds is 7. The van der Waals surface area contributed by atoms with Crippen LogP contribution in [0, 0.1) is 0 Å². The first-order valence-corrected chi connectivity index (χ1v) is 8.13. The SMILES string of the molecule is CCOc1cc(CNc2nccs2)cc(Br)c1OCC. The number of benzene rings is 1. The van der Waals surface area contributed by atoms with E-state index in [1.165, 1.54) is 0 Å². The van der Waals surface area contributed by atoms with Gasteiger partial charge in [0.25, 0.3) is 0 Å². The standard InChI is InChI=1S/C14H17BrN2O2S/c1-3-18-12-8-10(7-11(15)13(12)19-4-2)9-17-14-16-5-6-20-14/h5-8H,3-4,9H2,1-2H3,(H,16,17). The van der Waals surface area contributed by atoms with Gasteiger partial charge in [-0.2, -0.15) is 0 Å². The van der Waals surface area contributed by atoms with Crippen LogP contribution >= 0.6 is 27.3 Å². The van der Waals surface area contributed by atoms with Gasteiger partial charge in [0.1, 0.15) is 0 Å². The van der Waals surface area contributed by atoms with E-state index >= 15 is 0 Å². The number of hydrogen-bond donors (Lipinski definition) is 1.